The van der Waals surface area contributed by atoms with E-state index in [1.54, 1.807) is 33.1 Å². The Labute approximate surface area is 235 Å². The summed E-state index contributed by atoms with van der Waals surface area (Å²) in [7, 11) is 1.57. The number of hydrogen-bond donors (Lipinski definition) is 3. The summed E-state index contributed by atoms with van der Waals surface area (Å²) in [4.78, 5) is 52.8. The van der Waals surface area contributed by atoms with E-state index in [0.29, 0.717) is 44.8 Å². The fourth-order valence-corrected chi connectivity index (χ4v) is 5.15. The second-order valence-corrected chi connectivity index (χ2v) is 11.1. The Morgan fingerprint density at radius 2 is 1.68 bits per heavy atom. The van der Waals surface area contributed by atoms with Gasteiger partial charge in [-0.1, -0.05) is 23.8 Å². The fourth-order valence-electron chi connectivity index (χ4n) is 5.15. The smallest absolute Gasteiger partial charge is 0.243 e. The number of nitrogens with one attached hydrogen (secondary N) is 3. The van der Waals surface area contributed by atoms with Crippen molar-refractivity contribution in [2.75, 3.05) is 26.9 Å². The van der Waals surface area contributed by atoms with E-state index < -0.39 is 35.5 Å². The molecule has 2 saturated heterocycles. The van der Waals surface area contributed by atoms with Crippen molar-refractivity contribution >= 4 is 23.5 Å². The van der Waals surface area contributed by atoms with Gasteiger partial charge in [-0.05, 0) is 70.1 Å². The van der Waals surface area contributed by atoms with E-state index in [4.69, 9.17) is 14.2 Å². The molecule has 3 aliphatic rings. The third-order valence-corrected chi connectivity index (χ3v) is 7.91. The molecule has 2 heterocycles. The van der Waals surface area contributed by atoms with Gasteiger partial charge in [0.2, 0.25) is 17.7 Å². The van der Waals surface area contributed by atoms with Crippen molar-refractivity contribution in [3.05, 3.63) is 41.5 Å². The van der Waals surface area contributed by atoms with Gasteiger partial charge < -0.3 is 30.2 Å². The number of ether oxygens (including phenoxy) is 3. The molecule has 4 unspecified atom stereocenters. The van der Waals surface area contributed by atoms with Crippen LogP contribution in [0.15, 0.2) is 35.9 Å². The summed E-state index contributed by atoms with van der Waals surface area (Å²) >= 11 is 0. The number of ketones is 1. The van der Waals surface area contributed by atoms with Gasteiger partial charge in [0.15, 0.2) is 5.78 Å². The lowest BCUT2D eigenvalue weighted by molar-refractivity contribution is -0.135. The van der Waals surface area contributed by atoms with Crippen LogP contribution in [0.2, 0.25) is 0 Å². The first-order valence-electron chi connectivity index (χ1n) is 14.2. The minimum Gasteiger partial charge on any atom is -0.497 e. The second kappa shape index (κ2) is 13.4. The zero-order valence-corrected chi connectivity index (χ0v) is 23.6. The number of carbonyl (C=O) groups excluding carboxylic acids is 4. The van der Waals surface area contributed by atoms with Crippen LogP contribution in [0, 0.1) is 5.92 Å². The van der Waals surface area contributed by atoms with Crippen LogP contribution in [0.1, 0.15) is 57.9 Å². The van der Waals surface area contributed by atoms with Gasteiger partial charge >= 0.3 is 0 Å². The SMILES string of the molecule is COc1ccc(CC(NC(=O)C(C)NC(=O)C2CCOCC2)C(=O)NC(CC2=CCCC2)C(=O)C2(C)CO2)cc1. The molecule has 4 atom stereocenters. The Balaban J connectivity index is 1.47. The maximum atomic E-state index is 13.7. The molecule has 218 valence electrons. The van der Waals surface area contributed by atoms with Crippen molar-refractivity contribution in [3.8, 4) is 5.75 Å². The van der Waals surface area contributed by atoms with Gasteiger partial charge in [0.1, 0.15) is 23.4 Å². The number of Topliss-reactive ketones (excluding diaryl/α,β-unsaturated/α-hetero) is 1. The molecule has 0 bridgehead atoms. The highest BCUT2D eigenvalue weighted by Crippen LogP contribution is 2.31. The van der Waals surface area contributed by atoms with E-state index in [-0.39, 0.29) is 24.0 Å². The Morgan fingerprint density at radius 3 is 2.27 bits per heavy atom. The quantitative estimate of drug-likeness (QED) is 0.250. The Kier molecular flexibility index (Phi) is 9.97. The molecule has 0 radical (unpaired) electrons. The van der Waals surface area contributed by atoms with E-state index in [1.807, 2.05) is 12.1 Å². The highest BCUT2D eigenvalue weighted by molar-refractivity contribution is 5.98. The van der Waals surface area contributed by atoms with Gasteiger partial charge in [-0.15, -0.1) is 0 Å². The van der Waals surface area contributed by atoms with Gasteiger partial charge in [-0.2, -0.15) is 0 Å². The molecule has 3 amide bonds. The zero-order valence-electron chi connectivity index (χ0n) is 23.6. The van der Waals surface area contributed by atoms with Gasteiger partial charge in [0.05, 0.1) is 19.8 Å². The largest absolute Gasteiger partial charge is 0.497 e. The van der Waals surface area contributed by atoms with Crippen LogP contribution in [0.4, 0.5) is 0 Å². The van der Waals surface area contributed by atoms with Gasteiger partial charge in [0, 0.05) is 25.6 Å². The van der Waals surface area contributed by atoms with Crippen LogP contribution in [-0.2, 0) is 35.1 Å². The standard InChI is InChI=1S/C30H41N3O7/c1-19(31-28(36)22-12-14-39-15-13-22)27(35)33-25(17-21-8-10-23(38-3)11-9-21)29(37)32-24(16-20-6-4-5-7-20)26(34)30(2)18-40-30/h6,8-11,19,22,24-25H,4-5,7,12-18H2,1-3H3,(H,31,36)(H,32,37)(H,33,35). The van der Waals surface area contributed by atoms with E-state index in [9.17, 15) is 19.2 Å². The lowest BCUT2D eigenvalue weighted by atomic mass is 9.94. The number of methoxy groups -OCH3 is 1. The molecule has 1 aromatic carbocycles. The molecule has 1 aliphatic carbocycles. The predicted octanol–water partition coefficient (Wildman–Crippen LogP) is 2.00. The third kappa shape index (κ3) is 7.91. The van der Waals surface area contributed by atoms with Crippen molar-refractivity contribution in [3.63, 3.8) is 0 Å². The maximum Gasteiger partial charge on any atom is 0.243 e. The number of hydrogen-bond acceptors (Lipinski definition) is 7. The predicted molar refractivity (Wildman–Crippen MR) is 148 cm³/mol. The van der Waals surface area contributed by atoms with Crippen molar-refractivity contribution in [2.24, 2.45) is 5.92 Å². The summed E-state index contributed by atoms with van der Waals surface area (Å²) in [5.41, 5.74) is 1.05. The van der Waals surface area contributed by atoms with Crippen LogP contribution < -0.4 is 20.7 Å². The number of epoxide rings is 1. The normalized spacial score (nSPS) is 22.8. The Bertz CT molecular complexity index is 1110. The summed E-state index contributed by atoms with van der Waals surface area (Å²) in [5, 5.41) is 8.51. The minimum atomic E-state index is -0.968. The summed E-state index contributed by atoms with van der Waals surface area (Å²) in [6.45, 7) is 4.69. The number of carbonyl (C=O) groups is 4. The molecule has 10 heteroatoms. The van der Waals surface area contributed by atoms with Gasteiger partial charge in [-0.25, -0.2) is 0 Å². The molecule has 0 aromatic heterocycles. The lowest BCUT2D eigenvalue weighted by Crippen LogP contribution is -2.57. The lowest BCUT2D eigenvalue weighted by Gasteiger charge is -2.26. The summed E-state index contributed by atoms with van der Waals surface area (Å²) in [6, 6.07) is 4.65. The van der Waals surface area contributed by atoms with E-state index >= 15 is 0 Å². The second-order valence-electron chi connectivity index (χ2n) is 11.1. The summed E-state index contributed by atoms with van der Waals surface area (Å²) < 4.78 is 15.9. The van der Waals surface area contributed by atoms with E-state index in [1.165, 1.54) is 0 Å². The molecular formula is C30H41N3O7. The third-order valence-electron chi connectivity index (χ3n) is 7.91. The van der Waals surface area contributed by atoms with Crippen LogP contribution in [0.5, 0.6) is 5.75 Å². The van der Waals surface area contributed by atoms with Crippen molar-refractivity contribution in [1.82, 2.24) is 16.0 Å². The minimum absolute atomic E-state index is 0.166. The molecule has 0 spiro atoms. The fraction of sp³-hybridized carbons (Fsp3) is 0.600. The Morgan fingerprint density at radius 1 is 1.00 bits per heavy atom. The topological polar surface area (TPSA) is 135 Å². The molecule has 2 aliphatic heterocycles. The first-order valence-corrected chi connectivity index (χ1v) is 14.2. The number of benzene rings is 1. The molecule has 1 aromatic rings. The van der Waals surface area contributed by atoms with E-state index in [2.05, 4.69) is 22.0 Å². The van der Waals surface area contributed by atoms with Crippen LogP contribution in [0.3, 0.4) is 0 Å². The first kappa shape index (κ1) is 29.7. The van der Waals surface area contributed by atoms with E-state index in [0.717, 1.165) is 30.4 Å². The molecule has 0 saturated carbocycles. The molecule has 2 fully saturated rings. The van der Waals surface area contributed by atoms with Crippen molar-refractivity contribution in [1.29, 1.82) is 0 Å². The van der Waals surface area contributed by atoms with Gasteiger partial charge in [0.25, 0.3) is 0 Å². The van der Waals surface area contributed by atoms with Gasteiger partial charge in [-0.3, -0.25) is 19.2 Å². The molecule has 10 nitrogen and oxygen atoms in total. The molecule has 3 N–H and O–H groups in total. The molecule has 40 heavy (non-hydrogen) atoms. The Hall–Kier alpha value is -3.24. The highest BCUT2D eigenvalue weighted by atomic mass is 16.6. The van der Waals surface area contributed by atoms with Crippen LogP contribution in [-0.4, -0.2) is 74.2 Å². The highest BCUT2D eigenvalue weighted by Gasteiger charge is 2.50. The summed E-state index contributed by atoms with van der Waals surface area (Å²) in [5.74, 6) is -0.840. The maximum absolute atomic E-state index is 13.7. The molecule has 4 rings (SSSR count). The average Bonchev–Trinajstić information content (AvgIpc) is 3.50. The number of rotatable bonds is 13. The average molecular weight is 556 g/mol. The van der Waals surface area contributed by atoms with Crippen LogP contribution >= 0.6 is 0 Å². The van der Waals surface area contributed by atoms with Crippen LogP contribution in [0.25, 0.3) is 0 Å². The summed E-state index contributed by atoms with van der Waals surface area (Å²) in [6.07, 6.45) is 6.85. The zero-order chi connectivity index (χ0) is 28.7. The first-order chi connectivity index (χ1) is 19.2. The number of allylic oxidation sites excluding steroid dienone is 1. The number of amides is 3. The van der Waals surface area contributed by atoms with Crippen molar-refractivity contribution in [2.45, 2.75) is 82.5 Å². The van der Waals surface area contributed by atoms with Crippen molar-refractivity contribution < 1.29 is 33.4 Å². The molecular weight excluding hydrogens is 514 g/mol. The monoisotopic (exact) mass is 555 g/mol.